The lowest BCUT2D eigenvalue weighted by molar-refractivity contribution is 0.382. The van der Waals surface area contributed by atoms with E-state index in [9.17, 15) is 0 Å². The first kappa shape index (κ1) is 18.7. The molecule has 2 aliphatic rings. The number of para-hydroxylation sites is 1. The molecule has 28 heavy (non-hydrogen) atoms. The van der Waals surface area contributed by atoms with E-state index < -0.39 is 0 Å². The Balaban J connectivity index is 1.77. The third-order valence-corrected chi connectivity index (χ3v) is 5.90. The molecule has 2 heterocycles. The summed E-state index contributed by atoms with van der Waals surface area (Å²) in [4.78, 5) is 13.9. The fraction of sp³-hybridized carbons (Fsp3) is 0.476. The van der Waals surface area contributed by atoms with Crippen LogP contribution < -0.4 is 20.4 Å². The fourth-order valence-electron chi connectivity index (χ4n) is 4.62. The van der Waals surface area contributed by atoms with Gasteiger partial charge in [0, 0.05) is 11.7 Å². The molecule has 7 heteroatoms. The fourth-order valence-corrected chi connectivity index (χ4v) is 4.62. The first-order chi connectivity index (χ1) is 13.8. The highest BCUT2D eigenvalue weighted by molar-refractivity contribution is 5.86. The van der Waals surface area contributed by atoms with E-state index in [2.05, 4.69) is 27.4 Å². The predicted octanol–water partition coefficient (Wildman–Crippen LogP) is 3.72. The molecule has 2 atom stereocenters. The van der Waals surface area contributed by atoms with Gasteiger partial charge in [-0.25, -0.2) is 4.98 Å². The van der Waals surface area contributed by atoms with E-state index in [-0.39, 0.29) is 12.2 Å². The van der Waals surface area contributed by atoms with Crippen molar-refractivity contribution in [3.63, 3.8) is 0 Å². The largest absolute Gasteiger partial charge is 0.345 e. The first-order valence-electron chi connectivity index (χ1n) is 10.2. The molecule has 7 nitrogen and oxygen atoms in total. The van der Waals surface area contributed by atoms with Crippen LogP contribution in [0.3, 0.4) is 0 Å². The molecule has 0 radical (unpaired) electrons. The highest BCUT2D eigenvalue weighted by Crippen LogP contribution is 2.41. The van der Waals surface area contributed by atoms with Crippen LogP contribution >= 0.6 is 0 Å². The molecule has 0 amide bonds. The van der Waals surface area contributed by atoms with Gasteiger partial charge in [0.15, 0.2) is 5.82 Å². The number of fused-ring (bicyclic) bond motifs is 1. The summed E-state index contributed by atoms with van der Waals surface area (Å²) in [5.41, 5.74) is 1.86. The van der Waals surface area contributed by atoms with Crippen LogP contribution in [0.2, 0.25) is 0 Å². The Hall–Kier alpha value is -2.67. The van der Waals surface area contributed by atoms with Crippen LogP contribution in [-0.2, 0) is 0 Å². The van der Waals surface area contributed by atoms with E-state index in [1.807, 2.05) is 48.5 Å². The van der Waals surface area contributed by atoms with E-state index in [0.29, 0.717) is 12.0 Å². The maximum absolute atomic E-state index is 8.01. The Bertz CT molecular complexity index is 804. The Kier molecular flexibility index (Phi) is 5.43. The van der Waals surface area contributed by atoms with Crippen molar-refractivity contribution in [2.75, 3.05) is 22.2 Å². The molecular weight excluding hydrogens is 350 g/mol. The van der Waals surface area contributed by atoms with Gasteiger partial charge in [-0.2, -0.15) is 4.98 Å². The molecule has 1 aliphatic heterocycles. The van der Waals surface area contributed by atoms with E-state index in [4.69, 9.17) is 10.4 Å². The molecule has 2 unspecified atom stereocenters. The second kappa shape index (κ2) is 8.14. The molecule has 1 aromatic carbocycles. The zero-order chi connectivity index (χ0) is 19.5. The summed E-state index contributed by atoms with van der Waals surface area (Å²) in [6.45, 7) is 2.22. The second-order valence-corrected chi connectivity index (χ2v) is 7.48. The first-order valence-corrected chi connectivity index (χ1v) is 10.2. The van der Waals surface area contributed by atoms with Gasteiger partial charge >= 0.3 is 0 Å². The summed E-state index contributed by atoms with van der Waals surface area (Å²) in [5.74, 6) is 1.53. The van der Waals surface area contributed by atoms with Crippen LogP contribution in [0.15, 0.2) is 36.5 Å². The number of benzene rings is 1. The quantitative estimate of drug-likeness (QED) is 0.524. The maximum atomic E-state index is 8.01. The van der Waals surface area contributed by atoms with E-state index in [1.165, 1.54) is 32.0 Å². The maximum Gasteiger partial charge on any atom is 0.229 e. The molecule has 1 fully saturated rings. The number of likely N-dealkylation sites (N-methyl/N-ethyl adjacent to an activating group) is 1. The van der Waals surface area contributed by atoms with Crippen LogP contribution in [0.4, 0.5) is 23.1 Å². The molecular formula is C21H29N7. The van der Waals surface area contributed by atoms with Gasteiger partial charge in [0.05, 0.1) is 18.6 Å². The van der Waals surface area contributed by atoms with Crippen molar-refractivity contribution >= 4 is 29.5 Å². The SMILES string of the molecule is CCC1C(NC)N(C=N)c2cnc(Nc3ccccc3)nc2N1C1CCCC1. The van der Waals surface area contributed by atoms with Crippen molar-refractivity contribution in [1.82, 2.24) is 15.3 Å². The lowest BCUT2D eigenvalue weighted by atomic mass is 10.0. The summed E-state index contributed by atoms with van der Waals surface area (Å²) in [5, 5.41) is 14.7. The molecule has 2 aromatic rings. The minimum absolute atomic E-state index is 0.0344. The monoisotopic (exact) mass is 379 g/mol. The number of hydrogen-bond acceptors (Lipinski definition) is 6. The number of anilines is 4. The summed E-state index contributed by atoms with van der Waals surface area (Å²) < 4.78 is 0. The van der Waals surface area contributed by atoms with Crippen molar-refractivity contribution in [3.05, 3.63) is 36.5 Å². The average molecular weight is 380 g/mol. The average Bonchev–Trinajstić information content (AvgIpc) is 3.26. The number of rotatable bonds is 6. The standard InChI is InChI=1S/C21H29N7/c1-3-17-19(23-2)27(14-22)18-13-24-21(25-15-9-5-4-6-10-15)26-20(18)28(17)16-11-7-8-12-16/h4-6,9-10,13-14,16-17,19,22-23H,3,7-8,11-12H2,1-2H3,(H,24,25,26). The van der Waals surface area contributed by atoms with Gasteiger partial charge in [0.1, 0.15) is 11.9 Å². The topological polar surface area (TPSA) is 80.2 Å². The van der Waals surface area contributed by atoms with E-state index >= 15 is 0 Å². The molecule has 148 valence electrons. The van der Waals surface area contributed by atoms with Crippen molar-refractivity contribution < 1.29 is 0 Å². The molecule has 4 rings (SSSR count). The minimum atomic E-state index is 0.0344. The highest BCUT2D eigenvalue weighted by atomic mass is 15.4. The van der Waals surface area contributed by atoms with Gasteiger partial charge in [-0.3, -0.25) is 10.7 Å². The van der Waals surface area contributed by atoms with Gasteiger partial charge in [0.2, 0.25) is 5.95 Å². The smallest absolute Gasteiger partial charge is 0.229 e. The lowest BCUT2D eigenvalue weighted by Crippen LogP contribution is -2.63. The number of aromatic nitrogens is 2. The van der Waals surface area contributed by atoms with Crippen LogP contribution in [0.1, 0.15) is 39.0 Å². The van der Waals surface area contributed by atoms with Crippen molar-refractivity contribution in [2.45, 2.75) is 57.3 Å². The summed E-state index contributed by atoms with van der Waals surface area (Å²) in [6.07, 6.45) is 9.19. The molecule has 0 spiro atoms. The molecule has 1 saturated carbocycles. The van der Waals surface area contributed by atoms with Crippen LogP contribution in [0.5, 0.6) is 0 Å². The normalized spacial score (nSPS) is 22.2. The molecule has 0 saturated heterocycles. The Labute approximate surface area is 166 Å². The van der Waals surface area contributed by atoms with Crippen molar-refractivity contribution in [3.8, 4) is 0 Å². The Morgan fingerprint density at radius 2 is 1.96 bits per heavy atom. The van der Waals surface area contributed by atoms with Crippen LogP contribution in [-0.4, -0.2) is 41.6 Å². The van der Waals surface area contributed by atoms with Gasteiger partial charge in [0.25, 0.3) is 0 Å². The van der Waals surface area contributed by atoms with Crippen LogP contribution in [0, 0.1) is 5.41 Å². The van der Waals surface area contributed by atoms with Crippen LogP contribution in [0.25, 0.3) is 0 Å². The molecule has 1 aromatic heterocycles. The van der Waals surface area contributed by atoms with Gasteiger partial charge in [-0.1, -0.05) is 38.0 Å². The number of nitrogens with one attached hydrogen (secondary N) is 3. The second-order valence-electron chi connectivity index (χ2n) is 7.48. The zero-order valence-corrected chi connectivity index (χ0v) is 16.6. The van der Waals surface area contributed by atoms with Gasteiger partial charge in [-0.15, -0.1) is 0 Å². The number of nitrogens with zero attached hydrogens (tertiary/aromatic N) is 4. The van der Waals surface area contributed by atoms with Gasteiger partial charge < -0.3 is 15.1 Å². The highest BCUT2D eigenvalue weighted by Gasteiger charge is 2.42. The molecule has 3 N–H and O–H groups in total. The lowest BCUT2D eigenvalue weighted by Gasteiger charge is -2.49. The van der Waals surface area contributed by atoms with Gasteiger partial charge in [-0.05, 0) is 38.4 Å². The third kappa shape index (κ3) is 3.30. The van der Waals surface area contributed by atoms with Crippen molar-refractivity contribution in [2.24, 2.45) is 0 Å². The minimum Gasteiger partial charge on any atom is -0.345 e. The third-order valence-electron chi connectivity index (χ3n) is 5.90. The molecule has 1 aliphatic carbocycles. The number of hydrogen-bond donors (Lipinski definition) is 3. The zero-order valence-electron chi connectivity index (χ0n) is 16.6. The summed E-state index contributed by atoms with van der Waals surface area (Å²) in [7, 11) is 1.97. The summed E-state index contributed by atoms with van der Waals surface area (Å²) >= 11 is 0. The predicted molar refractivity (Wildman–Crippen MR) is 115 cm³/mol. The Morgan fingerprint density at radius 3 is 2.61 bits per heavy atom. The Morgan fingerprint density at radius 1 is 1.21 bits per heavy atom. The van der Waals surface area contributed by atoms with E-state index in [0.717, 1.165) is 23.6 Å². The molecule has 0 bridgehead atoms. The van der Waals surface area contributed by atoms with Crippen molar-refractivity contribution in [1.29, 1.82) is 5.41 Å². The summed E-state index contributed by atoms with van der Waals surface area (Å²) in [6, 6.07) is 10.7. The van der Waals surface area contributed by atoms with E-state index in [1.54, 1.807) is 0 Å².